The molecule has 2 saturated heterocycles. The molecule has 6 heteroatoms. The van der Waals surface area contributed by atoms with Crippen molar-refractivity contribution in [1.82, 2.24) is 15.1 Å². The van der Waals surface area contributed by atoms with Crippen LogP contribution in [0.3, 0.4) is 0 Å². The average molecular weight is 393 g/mol. The highest BCUT2D eigenvalue weighted by Gasteiger charge is 2.50. The van der Waals surface area contributed by atoms with Gasteiger partial charge in [0, 0.05) is 12.1 Å². The van der Waals surface area contributed by atoms with Gasteiger partial charge in [-0.25, -0.2) is 4.79 Å². The molecule has 2 aliphatic heterocycles. The lowest BCUT2D eigenvalue weighted by Gasteiger charge is -2.39. The van der Waals surface area contributed by atoms with Crippen molar-refractivity contribution < 1.29 is 14.4 Å². The lowest BCUT2D eigenvalue weighted by Crippen LogP contribution is -2.52. The quantitative estimate of drug-likeness (QED) is 0.813. The van der Waals surface area contributed by atoms with Crippen molar-refractivity contribution in [3.05, 3.63) is 48.0 Å². The minimum atomic E-state index is -1.20. The van der Waals surface area contributed by atoms with Gasteiger partial charge in [-0.2, -0.15) is 0 Å². The Hall–Kier alpha value is -2.89. The van der Waals surface area contributed by atoms with Gasteiger partial charge >= 0.3 is 6.03 Å². The molecule has 152 valence electrons. The molecule has 3 atom stereocenters. The zero-order valence-corrected chi connectivity index (χ0v) is 17.1. The molecule has 2 aromatic carbocycles. The molecule has 4 amide bonds. The van der Waals surface area contributed by atoms with Crippen molar-refractivity contribution in [3.8, 4) is 0 Å². The van der Waals surface area contributed by atoms with Gasteiger partial charge < -0.3 is 10.2 Å². The summed E-state index contributed by atoms with van der Waals surface area (Å²) in [5.41, 5.74) is -0.458. The van der Waals surface area contributed by atoms with Gasteiger partial charge in [-0.1, -0.05) is 42.5 Å². The Morgan fingerprint density at radius 3 is 2.45 bits per heavy atom. The van der Waals surface area contributed by atoms with Gasteiger partial charge in [0.2, 0.25) is 5.91 Å². The SMILES string of the molecule is C[C@@H]1CCC[C@H](C)N1C(=O)CN1C(=O)N[C@](C)(c2cccc3ccccc23)C1=O. The smallest absolute Gasteiger partial charge is 0.325 e. The molecule has 0 aliphatic carbocycles. The van der Waals surface area contributed by atoms with E-state index in [0.29, 0.717) is 0 Å². The second-order valence-corrected chi connectivity index (χ2v) is 8.40. The zero-order chi connectivity index (χ0) is 20.8. The van der Waals surface area contributed by atoms with Gasteiger partial charge in [-0.15, -0.1) is 0 Å². The predicted molar refractivity (Wildman–Crippen MR) is 111 cm³/mol. The summed E-state index contributed by atoms with van der Waals surface area (Å²) < 4.78 is 0. The van der Waals surface area contributed by atoms with Gasteiger partial charge in [-0.05, 0) is 56.4 Å². The maximum atomic E-state index is 13.3. The van der Waals surface area contributed by atoms with E-state index in [-0.39, 0.29) is 30.4 Å². The maximum absolute atomic E-state index is 13.3. The molecule has 0 saturated carbocycles. The molecule has 2 aromatic rings. The molecule has 1 N–H and O–H groups in total. The highest BCUT2D eigenvalue weighted by molar-refractivity contribution is 6.10. The molecule has 4 rings (SSSR count). The number of piperidine rings is 1. The van der Waals surface area contributed by atoms with Crippen LogP contribution in [-0.4, -0.2) is 46.3 Å². The topological polar surface area (TPSA) is 69.7 Å². The first-order valence-corrected chi connectivity index (χ1v) is 10.3. The Balaban J connectivity index is 1.62. The molecular formula is C23H27N3O3. The Labute approximate surface area is 170 Å². The summed E-state index contributed by atoms with van der Waals surface area (Å²) in [6.45, 7) is 5.55. The van der Waals surface area contributed by atoms with Crippen LogP contribution in [0.1, 0.15) is 45.6 Å². The summed E-state index contributed by atoms with van der Waals surface area (Å²) >= 11 is 0. The summed E-state index contributed by atoms with van der Waals surface area (Å²) in [6.07, 6.45) is 2.99. The van der Waals surface area contributed by atoms with Crippen molar-refractivity contribution >= 4 is 28.6 Å². The third-order valence-electron chi connectivity index (χ3n) is 6.38. The summed E-state index contributed by atoms with van der Waals surface area (Å²) in [7, 11) is 0. The fraction of sp³-hybridized carbons (Fsp3) is 0.435. The van der Waals surface area contributed by atoms with Gasteiger partial charge in [-0.3, -0.25) is 14.5 Å². The lowest BCUT2D eigenvalue weighted by molar-refractivity contribution is -0.142. The summed E-state index contributed by atoms with van der Waals surface area (Å²) in [4.78, 5) is 41.9. The number of urea groups is 1. The van der Waals surface area contributed by atoms with Crippen molar-refractivity contribution in [2.75, 3.05) is 6.54 Å². The number of carbonyl (C=O) groups is 3. The van der Waals surface area contributed by atoms with E-state index in [9.17, 15) is 14.4 Å². The second kappa shape index (κ2) is 7.17. The van der Waals surface area contributed by atoms with Crippen LogP contribution in [-0.2, 0) is 15.1 Å². The third-order valence-corrected chi connectivity index (χ3v) is 6.38. The number of nitrogens with one attached hydrogen (secondary N) is 1. The minimum Gasteiger partial charge on any atom is -0.336 e. The molecule has 0 radical (unpaired) electrons. The number of rotatable bonds is 3. The van der Waals surface area contributed by atoms with Crippen molar-refractivity contribution in [3.63, 3.8) is 0 Å². The minimum absolute atomic E-state index is 0.122. The van der Waals surface area contributed by atoms with Crippen LogP contribution in [0.25, 0.3) is 10.8 Å². The van der Waals surface area contributed by atoms with Crippen molar-refractivity contribution in [2.45, 2.75) is 57.7 Å². The normalized spacial score (nSPS) is 27.4. The fourth-order valence-corrected chi connectivity index (χ4v) is 4.81. The Bertz CT molecular complexity index is 973. The van der Waals surface area contributed by atoms with Crippen molar-refractivity contribution in [2.24, 2.45) is 0 Å². The maximum Gasteiger partial charge on any atom is 0.325 e. The molecular weight excluding hydrogens is 366 g/mol. The number of nitrogens with zero attached hydrogens (tertiary/aromatic N) is 2. The van der Waals surface area contributed by atoms with Crippen LogP contribution < -0.4 is 5.32 Å². The first kappa shape index (κ1) is 19.4. The highest BCUT2D eigenvalue weighted by atomic mass is 16.2. The zero-order valence-electron chi connectivity index (χ0n) is 17.1. The molecule has 29 heavy (non-hydrogen) atoms. The standard InChI is InChI=1S/C23H27N3O3/c1-15-8-6-9-16(2)26(15)20(27)14-25-21(28)23(3,24-22(25)29)19-13-7-11-17-10-4-5-12-18(17)19/h4-5,7,10-13,15-16H,6,8-9,14H2,1-3H3,(H,24,29)/t15-,16+,23-/m1/s1. The molecule has 0 spiro atoms. The summed E-state index contributed by atoms with van der Waals surface area (Å²) in [6, 6.07) is 13.2. The van der Waals surface area contributed by atoms with Crippen LogP contribution in [0.4, 0.5) is 4.79 Å². The monoisotopic (exact) mass is 393 g/mol. The molecule has 0 bridgehead atoms. The second-order valence-electron chi connectivity index (χ2n) is 8.40. The first-order chi connectivity index (χ1) is 13.8. The van der Waals surface area contributed by atoms with E-state index in [1.807, 2.05) is 61.2 Å². The number of likely N-dealkylation sites (tertiary alicyclic amines) is 1. The molecule has 0 aromatic heterocycles. The Morgan fingerprint density at radius 1 is 1.07 bits per heavy atom. The number of carbonyl (C=O) groups excluding carboxylic acids is 3. The fourth-order valence-electron chi connectivity index (χ4n) is 4.81. The highest BCUT2D eigenvalue weighted by Crippen LogP contribution is 2.34. The van der Waals surface area contributed by atoms with Gasteiger partial charge in [0.05, 0.1) is 0 Å². The summed E-state index contributed by atoms with van der Waals surface area (Å²) in [5.74, 6) is -0.556. The van der Waals surface area contributed by atoms with Crippen LogP contribution in [0.5, 0.6) is 0 Å². The van der Waals surface area contributed by atoms with E-state index in [1.165, 1.54) is 0 Å². The number of amides is 4. The number of hydrogen-bond donors (Lipinski definition) is 1. The molecule has 0 unspecified atom stereocenters. The van der Waals surface area contributed by atoms with E-state index < -0.39 is 11.6 Å². The van der Waals surface area contributed by atoms with E-state index in [2.05, 4.69) is 5.32 Å². The molecule has 2 aliphatic rings. The molecule has 6 nitrogen and oxygen atoms in total. The van der Waals surface area contributed by atoms with E-state index in [1.54, 1.807) is 6.92 Å². The van der Waals surface area contributed by atoms with Gasteiger partial charge in [0.1, 0.15) is 12.1 Å². The Morgan fingerprint density at radius 2 is 1.72 bits per heavy atom. The molecule has 2 heterocycles. The van der Waals surface area contributed by atoms with E-state index in [0.717, 1.165) is 40.5 Å². The third kappa shape index (κ3) is 3.16. The van der Waals surface area contributed by atoms with Crippen LogP contribution in [0.2, 0.25) is 0 Å². The first-order valence-electron chi connectivity index (χ1n) is 10.3. The average Bonchev–Trinajstić information content (AvgIpc) is 2.91. The van der Waals surface area contributed by atoms with Gasteiger partial charge in [0.15, 0.2) is 0 Å². The summed E-state index contributed by atoms with van der Waals surface area (Å²) in [5, 5.41) is 4.75. The van der Waals surface area contributed by atoms with Crippen LogP contribution in [0.15, 0.2) is 42.5 Å². The van der Waals surface area contributed by atoms with Gasteiger partial charge in [0.25, 0.3) is 5.91 Å². The van der Waals surface area contributed by atoms with Crippen LogP contribution in [0, 0.1) is 0 Å². The lowest BCUT2D eigenvalue weighted by atomic mass is 9.88. The largest absolute Gasteiger partial charge is 0.336 e. The number of hydrogen-bond acceptors (Lipinski definition) is 3. The van der Waals surface area contributed by atoms with Crippen LogP contribution >= 0.6 is 0 Å². The van der Waals surface area contributed by atoms with Crippen molar-refractivity contribution in [1.29, 1.82) is 0 Å². The molecule has 2 fully saturated rings. The predicted octanol–water partition coefficient (Wildman–Crippen LogP) is 3.40. The Kier molecular flexibility index (Phi) is 4.81. The van der Waals surface area contributed by atoms with E-state index >= 15 is 0 Å². The van der Waals surface area contributed by atoms with E-state index in [4.69, 9.17) is 0 Å². The number of benzene rings is 2. The number of imide groups is 1. The number of fused-ring (bicyclic) bond motifs is 1.